The van der Waals surface area contributed by atoms with Gasteiger partial charge in [-0.1, -0.05) is 12.1 Å². The van der Waals surface area contributed by atoms with Crippen LogP contribution in [-0.4, -0.2) is 29.3 Å². The van der Waals surface area contributed by atoms with Gasteiger partial charge in [0.1, 0.15) is 18.5 Å². The highest BCUT2D eigenvalue weighted by atomic mass is 16.5. The molecule has 0 saturated heterocycles. The van der Waals surface area contributed by atoms with Crippen LogP contribution in [0.25, 0.3) is 0 Å². The lowest BCUT2D eigenvalue weighted by Gasteiger charge is -2.57. The molecule has 4 nitrogen and oxygen atoms in total. The number of nitrogens with one attached hydrogen (secondary N) is 1. The Hall–Kier alpha value is -2.07. The number of hydrogen-bond acceptors (Lipinski definition) is 4. The molecule has 0 radical (unpaired) electrons. The molecule has 0 amide bonds. The standard InChI is InChI=1S/C24H30N2O2/c27-22(15-26-21-5-7-25-8-6-21)16-28-23-3-1-20(2-4-23)24-12-17-9-18(13-24)11-19(10-17)14-24/h1-8,17-19,22,27H,9-16H2,(H,25,26). The molecular formula is C24H30N2O2. The summed E-state index contributed by atoms with van der Waals surface area (Å²) in [5, 5.41) is 13.4. The van der Waals surface area contributed by atoms with Crippen LogP contribution in [-0.2, 0) is 5.41 Å². The lowest BCUT2D eigenvalue weighted by atomic mass is 9.48. The number of aliphatic hydroxyl groups is 1. The number of rotatable bonds is 7. The van der Waals surface area contributed by atoms with Gasteiger partial charge in [0, 0.05) is 24.6 Å². The number of nitrogens with zero attached hydrogens (tertiary/aromatic N) is 1. The summed E-state index contributed by atoms with van der Waals surface area (Å²) < 4.78 is 5.83. The molecule has 0 spiro atoms. The Morgan fingerprint density at radius 1 is 0.964 bits per heavy atom. The summed E-state index contributed by atoms with van der Waals surface area (Å²) in [6.07, 6.45) is 11.5. The average Bonchev–Trinajstić information content (AvgIpc) is 2.71. The number of hydrogen-bond donors (Lipinski definition) is 2. The van der Waals surface area contributed by atoms with Gasteiger partial charge in [-0.2, -0.15) is 0 Å². The van der Waals surface area contributed by atoms with Crippen LogP contribution in [0.1, 0.15) is 44.1 Å². The van der Waals surface area contributed by atoms with Crippen LogP contribution in [0.15, 0.2) is 48.8 Å². The van der Waals surface area contributed by atoms with Gasteiger partial charge in [-0.25, -0.2) is 0 Å². The van der Waals surface area contributed by atoms with Crippen molar-refractivity contribution < 1.29 is 9.84 Å². The fourth-order valence-electron chi connectivity index (χ4n) is 6.33. The lowest BCUT2D eigenvalue weighted by molar-refractivity contribution is -0.00521. The molecule has 2 aromatic rings. The summed E-state index contributed by atoms with van der Waals surface area (Å²) in [4.78, 5) is 3.99. The van der Waals surface area contributed by atoms with E-state index in [2.05, 4.69) is 34.6 Å². The molecule has 1 aromatic heterocycles. The van der Waals surface area contributed by atoms with Gasteiger partial charge in [0.25, 0.3) is 0 Å². The summed E-state index contributed by atoms with van der Waals surface area (Å²) in [5.74, 6) is 3.73. The number of anilines is 1. The third kappa shape index (κ3) is 3.62. The van der Waals surface area contributed by atoms with Gasteiger partial charge in [0.15, 0.2) is 0 Å². The highest BCUT2D eigenvalue weighted by Gasteiger charge is 2.51. The largest absolute Gasteiger partial charge is 0.491 e. The Morgan fingerprint density at radius 2 is 1.57 bits per heavy atom. The SMILES string of the molecule is OC(CNc1ccncc1)COc1ccc(C23CC4CC(CC(C4)C2)C3)cc1. The van der Waals surface area contributed by atoms with Gasteiger partial charge >= 0.3 is 0 Å². The molecule has 4 bridgehead atoms. The number of benzene rings is 1. The normalized spacial score (nSPS) is 31.5. The van der Waals surface area contributed by atoms with Crippen LogP contribution in [0.4, 0.5) is 5.69 Å². The molecule has 1 atom stereocenters. The number of ether oxygens (including phenoxy) is 1. The maximum absolute atomic E-state index is 10.2. The van der Waals surface area contributed by atoms with E-state index < -0.39 is 6.10 Å². The summed E-state index contributed by atoms with van der Waals surface area (Å²) in [5.41, 5.74) is 2.90. The minimum Gasteiger partial charge on any atom is -0.491 e. The molecule has 2 N–H and O–H groups in total. The maximum atomic E-state index is 10.2. The molecule has 1 heterocycles. The number of pyridine rings is 1. The molecule has 4 aliphatic carbocycles. The minimum atomic E-state index is -0.559. The molecule has 1 unspecified atom stereocenters. The predicted molar refractivity (Wildman–Crippen MR) is 111 cm³/mol. The second-order valence-corrected chi connectivity index (χ2v) is 9.30. The van der Waals surface area contributed by atoms with Crippen LogP contribution >= 0.6 is 0 Å². The molecule has 4 aliphatic rings. The zero-order chi connectivity index (χ0) is 19.0. The second-order valence-electron chi connectivity index (χ2n) is 9.30. The van der Waals surface area contributed by atoms with Gasteiger partial charge in [-0.05, 0) is 91.5 Å². The van der Waals surface area contributed by atoms with E-state index >= 15 is 0 Å². The molecule has 4 saturated carbocycles. The van der Waals surface area contributed by atoms with Crippen molar-refractivity contribution in [3.05, 3.63) is 54.4 Å². The first kappa shape index (κ1) is 18.0. The summed E-state index contributed by atoms with van der Waals surface area (Å²) in [6.45, 7) is 0.740. The highest BCUT2D eigenvalue weighted by molar-refractivity contribution is 5.40. The monoisotopic (exact) mass is 378 g/mol. The Labute approximate surface area is 167 Å². The fraction of sp³-hybridized carbons (Fsp3) is 0.542. The molecule has 28 heavy (non-hydrogen) atoms. The molecular weight excluding hydrogens is 348 g/mol. The summed E-state index contributed by atoms with van der Waals surface area (Å²) >= 11 is 0. The fourth-order valence-corrected chi connectivity index (χ4v) is 6.33. The molecule has 148 valence electrons. The first-order chi connectivity index (χ1) is 13.7. The third-order valence-corrected chi connectivity index (χ3v) is 7.17. The van der Waals surface area contributed by atoms with Gasteiger partial charge in [0.2, 0.25) is 0 Å². The van der Waals surface area contributed by atoms with E-state index in [-0.39, 0.29) is 6.61 Å². The van der Waals surface area contributed by atoms with Gasteiger partial charge in [-0.15, -0.1) is 0 Å². The number of aliphatic hydroxyl groups excluding tert-OH is 1. The lowest BCUT2D eigenvalue weighted by Crippen LogP contribution is -2.48. The Bertz CT molecular complexity index is 755. The number of aromatic nitrogens is 1. The second kappa shape index (κ2) is 7.40. The van der Waals surface area contributed by atoms with E-state index in [4.69, 9.17) is 4.74 Å². The van der Waals surface area contributed by atoms with Crippen molar-refractivity contribution in [1.82, 2.24) is 4.98 Å². The zero-order valence-electron chi connectivity index (χ0n) is 16.4. The topological polar surface area (TPSA) is 54.4 Å². The molecule has 4 heteroatoms. The smallest absolute Gasteiger partial charge is 0.119 e. The zero-order valence-corrected chi connectivity index (χ0v) is 16.4. The van der Waals surface area contributed by atoms with E-state index in [0.717, 1.165) is 29.2 Å². The third-order valence-electron chi connectivity index (χ3n) is 7.17. The molecule has 1 aromatic carbocycles. The van der Waals surface area contributed by atoms with Crippen LogP contribution in [0.3, 0.4) is 0 Å². The van der Waals surface area contributed by atoms with Crippen LogP contribution in [0.5, 0.6) is 5.75 Å². The minimum absolute atomic E-state index is 0.287. The first-order valence-corrected chi connectivity index (χ1v) is 10.7. The predicted octanol–water partition coefficient (Wildman–Crippen LogP) is 4.40. The van der Waals surface area contributed by atoms with Crippen molar-refractivity contribution in [2.45, 2.75) is 50.0 Å². The van der Waals surface area contributed by atoms with Gasteiger partial charge in [-0.3, -0.25) is 4.98 Å². The van der Waals surface area contributed by atoms with Crippen LogP contribution < -0.4 is 10.1 Å². The van der Waals surface area contributed by atoms with Gasteiger partial charge in [0.05, 0.1) is 0 Å². The van der Waals surface area contributed by atoms with Crippen molar-refractivity contribution in [2.24, 2.45) is 17.8 Å². The average molecular weight is 379 g/mol. The van der Waals surface area contributed by atoms with E-state index in [1.165, 1.54) is 44.1 Å². The molecule has 0 aliphatic heterocycles. The van der Waals surface area contributed by atoms with E-state index in [0.29, 0.717) is 12.0 Å². The van der Waals surface area contributed by atoms with E-state index in [1.807, 2.05) is 12.1 Å². The van der Waals surface area contributed by atoms with Crippen molar-refractivity contribution in [3.63, 3.8) is 0 Å². The highest BCUT2D eigenvalue weighted by Crippen LogP contribution is 2.60. The Morgan fingerprint density at radius 3 is 2.18 bits per heavy atom. The van der Waals surface area contributed by atoms with Crippen molar-refractivity contribution >= 4 is 5.69 Å². The van der Waals surface area contributed by atoms with Crippen molar-refractivity contribution in [1.29, 1.82) is 0 Å². The first-order valence-electron chi connectivity index (χ1n) is 10.7. The maximum Gasteiger partial charge on any atom is 0.119 e. The molecule has 6 rings (SSSR count). The van der Waals surface area contributed by atoms with E-state index in [9.17, 15) is 5.11 Å². The van der Waals surface area contributed by atoms with Crippen LogP contribution in [0.2, 0.25) is 0 Å². The van der Waals surface area contributed by atoms with Gasteiger partial charge < -0.3 is 15.2 Å². The van der Waals surface area contributed by atoms with E-state index in [1.54, 1.807) is 12.4 Å². The quantitative estimate of drug-likeness (QED) is 0.750. The van der Waals surface area contributed by atoms with Crippen molar-refractivity contribution in [3.8, 4) is 5.75 Å². The Kier molecular flexibility index (Phi) is 4.75. The van der Waals surface area contributed by atoms with Crippen molar-refractivity contribution in [2.75, 3.05) is 18.5 Å². The summed E-state index contributed by atoms with van der Waals surface area (Å²) in [6, 6.07) is 12.5. The van der Waals surface area contributed by atoms with Crippen LogP contribution in [0, 0.1) is 17.8 Å². The Balaban J connectivity index is 1.16. The molecule has 4 fully saturated rings. The summed E-state index contributed by atoms with van der Waals surface area (Å²) in [7, 11) is 0.